The van der Waals surface area contributed by atoms with Gasteiger partial charge in [-0.15, -0.1) is 0 Å². The molecule has 1 N–H and O–H groups in total. The largest absolute Gasteiger partial charge is 0.508 e. The summed E-state index contributed by atoms with van der Waals surface area (Å²) in [5, 5.41) is 8.15. The van der Waals surface area contributed by atoms with Crippen molar-refractivity contribution in [1.29, 1.82) is 0 Å². The molecule has 0 amide bonds. The number of phenols is 1. The molecule has 22 heavy (non-hydrogen) atoms. The molecule has 0 aromatic heterocycles. The monoisotopic (exact) mass is 324 g/mol. The molecule has 1 aliphatic rings. The third-order valence-electron chi connectivity index (χ3n) is 4.10. The highest BCUT2D eigenvalue weighted by atomic mass is 32.2. The standard InChI is InChI=1S/C16H14F2O3S/c1-9-8-14(16-13(18)7-6-12(17)15(9)16)22(20,21)11-4-2-10(19)3-5-11/h2-7,9,14,19H,8H2,1H3. The predicted molar refractivity (Wildman–Crippen MR) is 77.4 cm³/mol. The maximum absolute atomic E-state index is 14.1. The number of rotatable bonds is 2. The third kappa shape index (κ3) is 2.18. The molecule has 0 fully saturated rings. The molecule has 6 heteroatoms. The second-order valence-corrected chi connectivity index (χ2v) is 7.65. The first-order chi connectivity index (χ1) is 10.3. The fraction of sp³-hybridized carbons (Fsp3) is 0.250. The number of halogens is 2. The van der Waals surface area contributed by atoms with E-state index in [0.29, 0.717) is 0 Å². The smallest absolute Gasteiger partial charge is 0.185 e. The summed E-state index contributed by atoms with van der Waals surface area (Å²) >= 11 is 0. The SMILES string of the molecule is CC1CC(S(=O)(=O)c2ccc(O)cc2)c2c(F)ccc(F)c21. The van der Waals surface area contributed by atoms with Crippen molar-refractivity contribution in [3.63, 3.8) is 0 Å². The van der Waals surface area contributed by atoms with Gasteiger partial charge in [0, 0.05) is 5.56 Å². The number of aromatic hydroxyl groups is 1. The van der Waals surface area contributed by atoms with Gasteiger partial charge in [-0.2, -0.15) is 0 Å². The van der Waals surface area contributed by atoms with Gasteiger partial charge in [0.1, 0.15) is 17.4 Å². The van der Waals surface area contributed by atoms with Crippen LogP contribution >= 0.6 is 0 Å². The molecule has 0 heterocycles. The summed E-state index contributed by atoms with van der Waals surface area (Å²) in [5.41, 5.74) is 0.0768. The van der Waals surface area contributed by atoms with Crippen LogP contribution in [0, 0.1) is 11.6 Å². The van der Waals surface area contributed by atoms with E-state index in [-0.39, 0.29) is 34.1 Å². The van der Waals surface area contributed by atoms with Crippen LogP contribution in [0.3, 0.4) is 0 Å². The van der Waals surface area contributed by atoms with Crippen molar-refractivity contribution in [2.75, 3.05) is 0 Å². The number of sulfone groups is 1. The first-order valence-corrected chi connectivity index (χ1v) is 8.37. The molecule has 0 saturated carbocycles. The summed E-state index contributed by atoms with van der Waals surface area (Å²) in [6.45, 7) is 1.69. The van der Waals surface area contributed by atoms with Gasteiger partial charge >= 0.3 is 0 Å². The Kier molecular flexibility index (Phi) is 3.44. The van der Waals surface area contributed by atoms with Crippen LogP contribution < -0.4 is 0 Å². The fourth-order valence-corrected chi connectivity index (χ4v) is 4.99. The second kappa shape index (κ2) is 5.05. The van der Waals surface area contributed by atoms with Crippen LogP contribution in [0.4, 0.5) is 8.78 Å². The summed E-state index contributed by atoms with van der Waals surface area (Å²) in [5.74, 6) is -1.71. The minimum Gasteiger partial charge on any atom is -0.508 e. The summed E-state index contributed by atoms with van der Waals surface area (Å²) in [6, 6.07) is 7.04. The summed E-state index contributed by atoms with van der Waals surface area (Å²) in [6.07, 6.45) is 0.135. The quantitative estimate of drug-likeness (QED) is 0.916. The normalized spacial score (nSPS) is 20.9. The van der Waals surface area contributed by atoms with Crippen molar-refractivity contribution in [2.45, 2.75) is 29.4 Å². The zero-order valence-electron chi connectivity index (χ0n) is 11.8. The highest BCUT2D eigenvalue weighted by molar-refractivity contribution is 7.91. The van der Waals surface area contributed by atoms with Gasteiger partial charge in [-0.3, -0.25) is 0 Å². The molecule has 0 spiro atoms. The number of phenolic OH excluding ortho intramolecular Hbond substituents is 1. The molecule has 3 nitrogen and oxygen atoms in total. The van der Waals surface area contributed by atoms with Crippen molar-refractivity contribution in [2.24, 2.45) is 0 Å². The maximum atomic E-state index is 14.1. The van der Waals surface area contributed by atoms with Gasteiger partial charge in [0.25, 0.3) is 0 Å². The maximum Gasteiger partial charge on any atom is 0.185 e. The highest BCUT2D eigenvalue weighted by Gasteiger charge is 2.41. The zero-order chi connectivity index (χ0) is 16.1. The Morgan fingerprint density at radius 3 is 2.14 bits per heavy atom. The Labute approximate surface area is 127 Å². The molecular formula is C16H14F2O3S. The van der Waals surface area contributed by atoms with Crippen LogP contribution in [-0.4, -0.2) is 13.5 Å². The van der Waals surface area contributed by atoms with E-state index in [1.54, 1.807) is 6.92 Å². The lowest BCUT2D eigenvalue weighted by molar-refractivity contribution is 0.474. The minimum absolute atomic E-state index is 0.0148. The Morgan fingerprint density at radius 1 is 1.00 bits per heavy atom. The van der Waals surface area contributed by atoms with E-state index in [4.69, 9.17) is 0 Å². The lowest BCUT2D eigenvalue weighted by Gasteiger charge is -2.14. The average Bonchev–Trinajstić information content (AvgIpc) is 2.83. The Hall–Kier alpha value is -1.95. The van der Waals surface area contributed by atoms with E-state index in [2.05, 4.69) is 0 Å². The van der Waals surface area contributed by atoms with Gasteiger partial charge in [-0.25, -0.2) is 17.2 Å². The highest BCUT2D eigenvalue weighted by Crippen LogP contribution is 2.48. The number of benzene rings is 2. The van der Waals surface area contributed by atoms with Crippen LogP contribution in [0.2, 0.25) is 0 Å². The van der Waals surface area contributed by atoms with Gasteiger partial charge in [0.15, 0.2) is 9.84 Å². The molecule has 116 valence electrons. The fourth-order valence-electron chi connectivity index (χ4n) is 3.05. The van der Waals surface area contributed by atoms with E-state index >= 15 is 0 Å². The van der Waals surface area contributed by atoms with E-state index in [0.717, 1.165) is 12.1 Å². The van der Waals surface area contributed by atoms with Crippen molar-refractivity contribution in [1.82, 2.24) is 0 Å². The lowest BCUT2D eigenvalue weighted by atomic mass is 10.0. The van der Waals surface area contributed by atoms with E-state index in [1.165, 1.54) is 24.3 Å². The van der Waals surface area contributed by atoms with Crippen molar-refractivity contribution < 1.29 is 22.3 Å². The van der Waals surface area contributed by atoms with E-state index in [9.17, 15) is 22.3 Å². The van der Waals surface area contributed by atoms with Gasteiger partial charge in [-0.05, 0) is 54.3 Å². The minimum atomic E-state index is -3.86. The average molecular weight is 324 g/mol. The molecule has 2 atom stereocenters. The van der Waals surface area contributed by atoms with Crippen LogP contribution in [-0.2, 0) is 9.84 Å². The molecule has 2 unspecified atom stereocenters. The molecule has 0 radical (unpaired) electrons. The molecule has 2 aromatic rings. The van der Waals surface area contributed by atoms with Crippen molar-refractivity contribution in [3.8, 4) is 5.75 Å². The number of hydrogen-bond acceptors (Lipinski definition) is 3. The van der Waals surface area contributed by atoms with Crippen molar-refractivity contribution >= 4 is 9.84 Å². The Bertz CT molecular complexity index is 829. The molecule has 3 rings (SSSR count). The van der Waals surface area contributed by atoms with Gasteiger partial charge in [0.2, 0.25) is 0 Å². The Balaban J connectivity index is 2.16. The van der Waals surface area contributed by atoms with E-state index in [1.807, 2.05) is 0 Å². The van der Waals surface area contributed by atoms with Crippen LogP contribution in [0.15, 0.2) is 41.3 Å². The second-order valence-electron chi connectivity index (χ2n) is 5.52. The molecule has 1 aliphatic carbocycles. The summed E-state index contributed by atoms with van der Waals surface area (Å²) < 4.78 is 53.6. The first kappa shape index (κ1) is 15.0. The molecule has 0 bridgehead atoms. The molecule has 2 aromatic carbocycles. The molecule has 0 aliphatic heterocycles. The number of hydrogen-bond donors (Lipinski definition) is 1. The van der Waals surface area contributed by atoms with Crippen molar-refractivity contribution in [3.05, 3.63) is 59.2 Å². The van der Waals surface area contributed by atoms with Gasteiger partial charge < -0.3 is 5.11 Å². The topological polar surface area (TPSA) is 54.4 Å². The van der Waals surface area contributed by atoms with Crippen LogP contribution in [0.1, 0.15) is 35.6 Å². The number of fused-ring (bicyclic) bond motifs is 1. The van der Waals surface area contributed by atoms with Crippen LogP contribution in [0.25, 0.3) is 0 Å². The first-order valence-electron chi connectivity index (χ1n) is 6.83. The van der Waals surface area contributed by atoms with Gasteiger partial charge in [-0.1, -0.05) is 6.92 Å². The lowest BCUT2D eigenvalue weighted by Crippen LogP contribution is -2.12. The molecule has 0 saturated heterocycles. The summed E-state index contributed by atoms with van der Waals surface area (Å²) in [4.78, 5) is -0.0148. The molecular weight excluding hydrogens is 310 g/mol. The van der Waals surface area contributed by atoms with Crippen LogP contribution in [0.5, 0.6) is 5.75 Å². The summed E-state index contributed by atoms with van der Waals surface area (Å²) in [7, 11) is -3.86. The van der Waals surface area contributed by atoms with Gasteiger partial charge in [0.05, 0.1) is 10.1 Å². The van der Waals surface area contributed by atoms with E-state index < -0.39 is 26.7 Å². The Morgan fingerprint density at radius 2 is 1.55 bits per heavy atom. The predicted octanol–water partition coefficient (Wildman–Crippen LogP) is 3.69. The zero-order valence-corrected chi connectivity index (χ0v) is 12.6. The third-order valence-corrected chi connectivity index (χ3v) is 6.21.